The van der Waals surface area contributed by atoms with E-state index in [9.17, 15) is 18.0 Å². The average molecular weight is 448 g/mol. The van der Waals surface area contributed by atoms with Crippen LogP contribution in [0.3, 0.4) is 0 Å². The second kappa shape index (κ2) is 8.43. The molecule has 3 rings (SSSR count). The maximum absolute atomic E-state index is 13.3. The van der Waals surface area contributed by atoms with Crippen molar-refractivity contribution in [2.75, 3.05) is 19.8 Å². The molecule has 1 atom stereocenters. The van der Waals surface area contributed by atoms with Crippen LogP contribution in [0.25, 0.3) is 11.4 Å². The maximum atomic E-state index is 13.3. The molecule has 2 heterocycles. The molecule has 10 heteroatoms. The molecule has 2 N–H and O–H groups in total. The van der Waals surface area contributed by atoms with Crippen LogP contribution in [0.4, 0.5) is 0 Å². The van der Waals surface area contributed by atoms with Crippen LogP contribution in [0, 0.1) is 5.41 Å². The quantitative estimate of drug-likeness (QED) is 0.715. The Labute approximate surface area is 182 Å². The molecular weight excluding hydrogens is 418 g/mol. The summed E-state index contributed by atoms with van der Waals surface area (Å²) in [4.78, 5) is 30.2. The van der Waals surface area contributed by atoms with Gasteiger partial charge in [0, 0.05) is 25.7 Å². The number of hydrogen-bond donors (Lipinski definition) is 2. The van der Waals surface area contributed by atoms with Gasteiger partial charge in [0.15, 0.2) is 5.69 Å². The summed E-state index contributed by atoms with van der Waals surface area (Å²) in [7, 11) is -1.92. The minimum atomic E-state index is -3.43. The van der Waals surface area contributed by atoms with Gasteiger partial charge in [-0.2, -0.15) is 4.31 Å². The first-order chi connectivity index (χ1) is 14.4. The minimum Gasteiger partial charge on any atom is -0.357 e. The Balaban J connectivity index is 2.06. The Morgan fingerprint density at radius 3 is 2.32 bits per heavy atom. The first-order valence-electron chi connectivity index (χ1n) is 10.1. The van der Waals surface area contributed by atoms with Gasteiger partial charge in [0.1, 0.15) is 11.9 Å². The van der Waals surface area contributed by atoms with E-state index < -0.39 is 27.4 Å². The van der Waals surface area contributed by atoms with Crippen molar-refractivity contribution in [3.8, 4) is 11.4 Å². The number of sulfonamides is 1. The number of amides is 2. The fraction of sp³-hybridized carbons (Fsp3) is 0.476. The third kappa shape index (κ3) is 4.80. The minimum absolute atomic E-state index is 0.0432. The standard InChI is InChI=1S/C21H29N5O4S/c1-21(2,3)17(20(28)22-4)24-19(27)16-15-13-25(31(5,29)30)11-12-26(15)18(23-16)14-9-7-6-8-10-14/h6-10,17H,11-13H2,1-5H3,(H,22,28)(H,24,27). The van der Waals surface area contributed by atoms with E-state index in [0.717, 1.165) is 11.8 Å². The number of rotatable bonds is 5. The molecule has 0 saturated heterocycles. The lowest BCUT2D eigenvalue weighted by atomic mass is 9.86. The van der Waals surface area contributed by atoms with Crippen molar-refractivity contribution in [2.45, 2.75) is 39.9 Å². The summed E-state index contributed by atoms with van der Waals surface area (Å²) >= 11 is 0. The molecule has 31 heavy (non-hydrogen) atoms. The van der Waals surface area contributed by atoms with Crippen molar-refractivity contribution in [2.24, 2.45) is 5.41 Å². The summed E-state index contributed by atoms with van der Waals surface area (Å²) in [6.45, 7) is 6.29. The van der Waals surface area contributed by atoms with E-state index in [1.165, 1.54) is 11.4 Å². The van der Waals surface area contributed by atoms with Crippen LogP contribution in [0.1, 0.15) is 37.0 Å². The van der Waals surface area contributed by atoms with Crippen molar-refractivity contribution in [1.29, 1.82) is 0 Å². The highest BCUT2D eigenvalue weighted by Crippen LogP contribution is 2.28. The van der Waals surface area contributed by atoms with Crippen molar-refractivity contribution >= 4 is 21.8 Å². The van der Waals surface area contributed by atoms with Crippen LogP contribution >= 0.6 is 0 Å². The van der Waals surface area contributed by atoms with Gasteiger partial charge in [-0.3, -0.25) is 9.59 Å². The summed E-state index contributed by atoms with van der Waals surface area (Å²) in [6, 6.07) is 8.65. The molecule has 1 aromatic heterocycles. The van der Waals surface area contributed by atoms with Gasteiger partial charge >= 0.3 is 0 Å². The lowest BCUT2D eigenvalue weighted by Gasteiger charge is -2.30. The number of fused-ring (bicyclic) bond motifs is 1. The predicted molar refractivity (Wildman–Crippen MR) is 118 cm³/mol. The van der Waals surface area contributed by atoms with Crippen LogP contribution in [0.15, 0.2) is 30.3 Å². The summed E-state index contributed by atoms with van der Waals surface area (Å²) in [5.41, 5.74) is 0.939. The van der Waals surface area contributed by atoms with Crippen molar-refractivity contribution in [3.05, 3.63) is 41.7 Å². The molecule has 0 fully saturated rings. The molecule has 2 aromatic rings. The Morgan fingerprint density at radius 2 is 1.77 bits per heavy atom. The molecule has 0 aliphatic carbocycles. The molecule has 2 amide bonds. The second-order valence-electron chi connectivity index (χ2n) is 8.73. The Morgan fingerprint density at radius 1 is 1.13 bits per heavy atom. The summed E-state index contributed by atoms with van der Waals surface area (Å²) in [5, 5.41) is 5.38. The Hall–Kier alpha value is -2.72. The molecule has 0 spiro atoms. The van der Waals surface area contributed by atoms with E-state index in [1.807, 2.05) is 55.7 Å². The van der Waals surface area contributed by atoms with Crippen LogP contribution < -0.4 is 10.6 Å². The SMILES string of the molecule is CNC(=O)C(NC(=O)c1nc(-c2ccccc2)n2c1CN(S(C)(=O)=O)CC2)C(C)(C)C. The largest absolute Gasteiger partial charge is 0.357 e. The van der Waals surface area contributed by atoms with Gasteiger partial charge in [-0.15, -0.1) is 0 Å². The normalized spacial score (nSPS) is 15.8. The number of carbonyl (C=O) groups is 2. The second-order valence-corrected chi connectivity index (χ2v) is 10.7. The highest BCUT2D eigenvalue weighted by Gasteiger charge is 2.36. The van der Waals surface area contributed by atoms with Crippen LogP contribution in [0.2, 0.25) is 0 Å². The van der Waals surface area contributed by atoms with E-state index in [4.69, 9.17) is 0 Å². The first kappa shape index (κ1) is 23.0. The molecular formula is C21H29N5O4S. The van der Waals surface area contributed by atoms with Crippen LogP contribution in [-0.2, 0) is 27.9 Å². The average Bonchev–Trinajstić information content (AvgIpc) is 3.09. The van der Waals surface area contributed by atoms with Crippen LogP contribution in [-0.4, -0.2) is 60.0 Å². The topological polar surface area (TPSA) is 113 Å². The zero-order valence-corrected chi connectivity index (χ0v) is 19.3. The van der Waals surface area contributed by atoms with Crippen molar-refractivity contribution < 1.29 is 18.0 Å². The molecule has 0 saturated carbocycles. The number of hydrogen-bond acceptors (Lipinski definition) is 5. The van der Waals surface area contributed by atoms with Gasteiger partial charge in [-0.1, -0.05) is 51.1 Å². The van der Waals surface area contributed by atoms with Gasteiger partial charge in [-0.25, -0.2) is 13.4 Å². The number of aromatic nitrogens is 2. The van der Waals surface area contributed by atoms with E-state index in [0.29, 0.717) is 24.6 Å². The molecule has 168 valence electrons. The monoisotopic (exact) mass is 447 g/mol. The van der Waals surface area contributed by atoms with Gasteiger partial charge in [0.05, 0.1) is 18.5 Å². The Kier molecular flexibility index (Phi) is 6.24. The zero-order chi connectivity index (χ0) is 23.0. The number of imidazole rings is 1. The fourth-order valence-corrected chi connectivity index (χ4v) is 4.41. The lowest BCUT2D eigenvalue weighted by molar-refractivity contribution is -0.124. The van der Waals surface area contributed by atoms with Gasteiger partial charge in [0.25, 0.3) is 5.91 Å². The molecule has 0 radical (unpaired) electrons. The maximum Gasteiger partial charge on any atom is 0.272 e. The van der Waals surface area contributed by atoms with Gasteiger partial charge in [-0.05, 0) is 5.41 Å². The van der Waals surface area contributed by atoms with E-state index in [2.05, 4.69) is 15.6 Å². The van der Waals surface area contributed by atoms with Gasteiger partial charge in [0.2, 0.25) is 15.9 Å². The smallest absolute Gasteiger partial charge is 0.272 e. The lowest BCUT2D eigenvalue weighted by Crippen LogP contribution is -2.53. The van der Waals surface area contributed by atoms with E-state index >= 15 is 0 Å². The third-order valence-electron chi connectivity index (χ3n) is 5.34. The Bertz CT molecular complexity index is 1090. The molecule has 1 aromatic carbocycles. The fourth-order valence-electron chi connectivity index (χ4n) is 3.64. The number of carbonyl (C=O) groups excluding carboxylic acids is 2. The van der Waals surface area contributed by atoms with E-state index in [-0.39, 0.29) is 18.1 Å². The summed E-state index contributed by atoms with van der Waals surface area (Å²) < 4.78 is 27.5. The molecule has 1 aliphatic heterocycles. The van der Waals surface area contributed by atoms with E-state index in [1.54, 1.807) is 0 Å². The number of likely N-dealkylation sites (N-methyl/N-ethyl adjacent to an activating group) is 1. The first-order valence-corrected chi connectivity index (χ1v) is 11.9. The number of benzene rings is 1. The molecule has 1 unspecified atom stereocenters. The molecule has 9 nitrogen and oxygen atoms in total. The van der Waals surface area contributed by atoms with Crippen LogP contribution in [0.5, 0.6) is 0 Å². The molecule has 0 bridgehead atoms. The third-order valence-corrected chi connectivity index (χ3v) is 6.59. The summed E-state index contributed by atoms with van der Waals surface area (Å²) in [5.74, 6) is -0.221. The number of nitrogens with one attached hydrogen (secondary N) is 2. The van der Waals surface area contributed by atoms with Gasteiger partial charge < -0.3 is 15.2 Å². The summed E-state index contributed by atoms with van der Waals surface area (Å²) in [6.07, 6.45) is 1.15. The number of nitrogens with zero attached hydrogens (tertiary/aromatic N) is 3. The highest BCUT2D eigenvalue weighted by atomic mass is 32.2. The zero-order valence-electron chi connectivity index (χ0n) is 18.5. The van der Waals surface area contributed by atoms with Crippen molar-refractivity contribution in [3.63, 3.8) is 0 Å². The highest BCUT2D eigenvalue weighted by molar-refractivity contribution is 7.88. The molecule has 1 aliphatic rings. The predicted octanol–water partition coefficient (Wildman–Crippen LogP) is 1.22. The van der Waals surface area contributed by atoms with Crippen molar-refractivity contribution in [1.82, 2.24) is 24.5 Å².